The van der Waals surface area contributed by atoms with Gasteiger partial charge in [0.2, 0.25) is 17.2 Å². The van der Waals surface area contributed by atoms with Crippen LogP contribution in [0.25, 0.3) is 10.8 Å². The van der Waals surface area contributed by atoms with E-state index in [1.54, 1.807) is 0 Å². The first-order valence-corrected chi connectivity index (χ1v) is 22.8. The number of anilines is 4. The molecule has 0 unspecified atom stereocenters. The average Bonchev–Trinajstić information content (AvgIpc) is 3.09. The summed E-state index contributed by atoms with van der Waals surface area (Å²) in [6, 6.07) is 11.7. The van der Waals surface area contributed by atoms with Crippen molar-refractivity contribution in [3.63, 3.8) is 0 Å². The Bertz CT molecular complexity index is 3020. The lowest BCUT2D eigenvalue weighted by Crippen LogP contribution is -2.15. The van der Waals surface area contributed by atoms with E-state index in [-0.39, 0.29) is 32.5 Å². The fourth-order valence-corrected chi connectivity index (χ4v) is 8.29. The Morgan fingerprint density at radius 2 is 1.33 bits per heavy atom. The molecule has 1 heterocycles. The zero-order chi connectivity index (χ0) is 42.1. The number of sulfone groups is 2. The molecule has 6 N–H and O–H groups in total. The summed E-state index contributed by atoms with van der Waals surface area (Å²) in [5.41, 5.74) is -1.17. The fraction of sp³-hybridized carbons (Fsp3) is 0.0690. The van der Waals surface area contributed by atoms with E-state index in [1.807, 2.05) is 0 Å². The maximum Gasteiger partial charge on any atom is 0.397 e. The maximum absolute atomic E-state index is 12.5. The molecule has 0 saturated carbocycles. The van der Waals surface area contributed by atoms with E-state index in [4.69, 9.17) is 16.2 Å². The summed E-state index contributed by atoms with van der Waals surface area (Å²) < 4.78 is 153. The Balaban J connectivity index is 1.56. The second-order valence-electron chi connectivity index (χ2n) is 11.1. The molecule has 5 rings (SSSR count). The highest BCUT2D eigenvalue weighted by molar-refractivity contribution is 7.94. The van der Waals surface area contributed by atoms with Gasteiger partial charge in [-0.15, -0.1) is 5.11 Å². The number of hydrogen-bond donors (Lipinski definition) is 6. The second-order valence-corrected chi connectivity index (χ2v) is 19.3. The number of phenols is 1. The molecule has 22 nitrogen and oxygen atoms in total. The molecule has 0 spiro atoms. The van der Waals surface area contributed by atoms with Gasteiger partial charge in [0, 0.05) is 16.5 Å². The zero-order valence-electron chi connectivity index (χ0n) is 28.0. The average molecular weight is 906 g/mol. The van der Waals surface area contributed by atoms with Crippen LogP contribution in [0.4, 0.5) is 34.6 Å². The SMILES string of the molecule is C=CS(=O)(=O)c1ccc(Nc2nc(Cl)nc(Nc3cc(S(=O)(=O)O)cc4cc(S(=O)(=O)O)c(N=Nc5ccc(S(=O)(=O)CCOS(=O)(=O)O)cc5)c(O)c34)n2)cc1. The first-order chi connectivity index (χ1) is 26.4. The van der Waals surface area contributed by atoms with Crippen LogP contribution in [0.15, 0.2) is 109 Å². The summed E-state index contributed by atoms with van der Waals surface area (Å²) in [7, 11) is -23.1. The Labute approximate surface area is 328 Å². The van der Waals surface area contributed by atoms with E-state index in [0.29, 0.717) is 6.07 Å². The number of benzene rings is 4. The largest absolute Gasteiger partial charge is 0.505 e. The van der Waals surface area contributed by atoms with Gasteiger partial charge in [-0.25, -0.2) is 21.0 Å². The molecule has 0 aliphatic carbocycles. The molecule has 302 valence electrons. The van der Waals surface area contributed by atoms with Crippen molar-refractivity contribution in [3.8, 4) is 5.75 Å². The number of fused-ring (bicyclic) bond motifs is 1. The van der Waals surface area contributed by atoms with Gasteiger partial charge in [-0.1, -0.05) is 6.58 Å². The molecule has 5 aromatic rings. The normalized spacial score (nSPS) is 12.8. The summed E-state index contributed by atoms with van der Waals surface area (Å²) >= 11 is 6.10. The minimum atomic E-state index is -5.27. The van der Waals surface area contributed by atoms with E-state index in [2.05, 4.69) is 46.6 Å². The highest BCUT2D eigenvalue weighted by Crippen LogP contribution is 2.45. The third-order valence-electron chi connectivity index (χ3n) is 7.26. The van der Waals surface area contributed by atoms with Crippen LogP contribution >= 0.6 is 11.6 Å². The van der Waals surface area contributed by atoms with Gasteiger partial charge in [-0.2, -0.15) is 45.3 Å². The molecule has 0 aliphatic heterocycles. The van der Waals surface area contributed by atoms with Crippen LogP contribution in [-0.4, -0.2) is 88.2 Å². The van der Waals surface area contributed by atoms with Crippen LogP contribution < -0.4 is 10.6 Å². The van der Waals surface area contributed by atoms with E-state index in [0.717, 1.165) is 41.8 Å². The molecular formula is C29H24ClN7O15S5. The lowest BCUT2D eigenvalue weighted by atomic mass is 10.1. The highest BCUT2D eigenvalue weighted by atomic mass is 35.5. The van der Waals surface area contributed by atoms with Gasteiger partial charge in [-0.3, -0.25) is 13.7 Å². The topological polar surface area (TPSA) is 348 Å². The number of aromatic hydroxyl groups is 1. The highest BCUT2D eigenvalue weighted by Gasteiger charge is 2.26. The smallest absolute Gasteiger partial charge is 0.397 e. The van der Waals surface area contributed by atoms with Crippen molar-refractivity contribution in [2.45, 2.75) is 19.6 Å². The van der Waals surface area contributed by atoms with Crippen molar-refractivity contribution in [3.05, 3.63) is 84.0 Å². The van der Waals surface area contributed by atoms with E-state index in [9.17, 15) is 56.3 Å². The molecular weight excluding hydrogens is 882 g/mol. The Hall–Kier alpha value is -5.23. The lowest BCUT2D eigenvalue weighted by Gasteiger charge is -2.15. The second kappa shape index (κ2) is 16.0. The fourth-order valence-electron chi connectivity index (χ4n) is 4.73. The van der Waals surface area contributed by atoms with Gasteiger partial charge in [0.25, 0.3) is 20.2 Å². The molecule has 0 fully saturated rings. The van der Waals surface area contributed by atoms with Crippen molar-refractivity contribution < 1.29 is 65.0 Å². The van der Waals surface area contributed by atoms with Crippen molar-refractivity contribution in [1.29, 1.82) is 0 Å². The van der Waals surface area contributed by atoms with Gasteiger partial charge in [-0.05, 0) is 83.7 Å². The number of rotatable bonds is 15. The number of phenolic OH excluding ortho intramolecular Hbond substituents is 1. The monoisotopic (exact) mass is 905 g/mol. The van der Waals surface area contributed by atoms with Crippen LogP contribution in [0.5, 0.6) is 5.75 Å². The Morgan fingerprint density at radius 3 is 1.89 bits per heavy atom. The van der Waals surface area contributed by atoms with Crippen molar-refractivity contribution in [2.24, 2.45) is 10.2 Å². The molecule has 0 aliphatic rings. The minimum absolute atomic E-state index is 0.0614. The Kier molecular flexibility index (Phi) is 12.0. The molecule has 0 radical (unpaired) electrons. The Morgan fingerprint density at radius 1 is 0.737 bits per heavy atom. The van der Waals surface area contributed by atoms with Gasteiger partial charge >= 0.3 is 10.4 Å². The molecule has 0 amide bonds. The maximum atomic E-state index is 12.5. The number of nitrogens with one attached hydrogen (secondary N) is 2. The van der Waals surface area contributed by atoms with Crippen LogP contribution in [0.2, 0.25) is 5.28 Å². The van der Waals surface area contributed by atoms with Crippen LogP contribution in [0, 0.1) is 0 Å². The van der Waals surface area contributed by atoms with Crippen molar-refractivity contribution in [1.82, 2.24) is 15.0 Å². The summed E-state index contributed by atoms with van der Waals surface area (Å²) in [6.07, 6.45) is 0. The summed E-state index contributed by atoms with van der Waals surface area (Å²) in [6.45, 7) is 2.36. The first-order valence-electron chi connectivity index (χ1n) is 14.9. The number of halogens is 1. The summed E-state index contributed by atoms with van der Waals surface area (Å²) in [5, 5.41) is 23.9. The summed E-state index contributed by atoms with van der Waals surface area (Å²) in [5.74, 6) is -2.53. The third-order valence-corrected chi connectivity index (χ3v) is 12.7. The summed E-state index contributed by atoms with van der Waals surface area (Å²) in [4.78, 5) is 9.63. The molecule has 4 aromatic carbocycles. The zero-order valence-corrected chi connectivity index (χ0v) is 32.8. The van der Waals surface area contributed by atoms with Crippen LogP contribution in [-0.2, 0) is 54.5 Å². The number of nitrogens with zero attached hydrogens (tertiary/aromatic N) is 5. The standard InChI is InChI=1S/C29H24ClN7O15S5/c1-2-53(39,40)19-7-3-17(4-8-19)31-28-33-27(30)34-29(35-28)32-22-15-21(55(43,44)45)13-16-14-23(56(46,47)48)25(26(38)24(16)22)37-36-18-5-9-20(10-6-18)54(41,42)12-11-52-57(49,50)51/h2-10,13-15,38H,1,11-12H2,(H,43,44,45)(H,46,47,48)(H,49,50,51)(H2,31,32,33,34,35). The van der Waals surface area contributed by atoms with Gasteiger partial charge in [0.1, 0.15) is 10.6 Å². The quantitative estimate of drug-likeness (QED) is 0.0630. The van der Waals surface area contributed by atoms with Crippen LogP contribution in [0.3, 0.4) is 0 Å². The van der Waals surface area contributed by atoms with Crippen molar-refractivity contribution in [2.75, 3.05) is 23.0 Å². The van der Waals surface area contributed by atoms with Gasteiger partial charge < -0.3 is 15.7 Å². The van der Waals surface area contributed by atoms with Crippen molar-refractivity contribution >= 4 is 107 Å². The van der Waals surface area contributed by atoms with Crippen LogP contribution in [0.1, 0.15) is 0 Å². The molecule has 0 atom stereocenters. The third kappa shape index (κ3) is 10.6. The number of aromatic nitrogens is 3. The molecule has 0 bridgehead atoms. The van der Waals surface area contributed by atoms with E-state index < -0.39 is 106 Å². The lowest BCUT2D eigenvalue weighted by molar-refractivity contribution is 0.284. The molecule has 0 saturated heterocycles. The predicted molar refractivity (Wildman–Crippen MR) is 201 cm³/mol. The molecule has 1 aromatic heterocycles. The molecule has 28 heteroatoms. The van der Waals surface area contributed by atoms with E-state index >= 15 is 0 Å². The van der Waals surface area contributed by atoms with Gasteiger partial charge in [0.05, 0.1) is 38.4 Å². The molecule has 57 heavy (non-hydrogen) atoms. The first kappa shape index (κ1) is 42.9. The van der Waals surface area contributed by atoms with Gasteiger partial charge in [0.15, 0.2) is 25.4 Å². The minimum Gasteiger partial charge on any atom is -0.505 e. The number of hydrogen-bond acceptors (Lipinski definition) is 19. The van der Waals surface area contributed by atoms with E-state index in [1.165, 1.54) is 24.3 Å². The predicted octanol–water partition coefficient (Wildman–Crippen LogP) is 4.29. The number of azo groups is 1.